The third-order valence-corrected chi connectivity index (χ3v) is 3.39. The summed E-state index contributed by atoms with van der Waals surface area (Å²) in [6.07, 6.45) is 3.97. The summed E-state index contributed by atoms with van der Waals surface area (Å²) >= 11 is 0. The molecule has 0 unspecified atom stereocenters. The number of hydrogen-bond donors (Lipinski definition) is 2. The minimum absolute atomic E-state index is 0.0225. The van der Waals surface area contributed by atoms with Crippen LogP contribution in [0.15, 0.2) is 30.5 Å². The molecule has 4 heteroatoms. The van der Waals surface area contributed by atoms with Gasteiger partial charge in [0.2, 0.25) is 0 Å². The molecule has 1 saturated carbocycles. The molecule has 2 aromatic rings. The van der Waals surface area contributed by atoms with E-state index in [2.05, 4.69) is 4.98 Å². The average Bonchev–Trinajstić information content (AvgIpc) is 3.12. The topological polar surface area (TPSA) is 56.3 Å². The van der Waals surface area contributed by atoms with Crippen molar-refractivity contribution in [3.8, 4) is 0 Å². The Balaban J connectivity index is 1.89. The van der Waals surface area contributed by atoms with Crippen LogP contribution in [0.1, 0.15) is 23.2 Å². The molecule has 0 saturated heterocycles. The molecule has 1 aromatic carbocycles. The van der Waals surface area contributed by atoms with Gasteiger partial charge in [-0.05, 0) is 37.1 Å². The van der Waals surface area contributed by atoms with Crippen LogP contribution in [0.25, 0.3) is 10.9 Å². The lowest BCUT2D eigenvalue weighted by molar-refractivity contribution is 0.0708. The fourth-order valence-corrected chi connectivity index (χ4v) is 2.30. The quantitative estimate of drug-likeness (QED) is 0.861. The lowest BCUT2D eigenvalue weighted by Gasteiger charge is -2.21. The highest BCUT2D eigenvalue weighted by Gasteiger charge is 2.32. The summed E-state index contributed by atoms with van der Waals surface area (Å²) in [4.78, 5) is 17.3. The minimum Gasteiger partial charge on any atom is -0.395 e. The van der Waals surface area contributed by atoms with Gasteiger partial charge in [0.05, 0.1) is 6.61 Å². The zero-order chi connectivity index (χ0) is 12.5. The van der Waals surface area contributed by atoms with Crippen molar-refractivity contribution < 1.29 is 9.90 Å². The number of aliphatic hydroxyl groups excluding tert-OH is 1. The van der Waals surface area contributed by atoms with E-state index in [0.717, 1.165) is 23.7 Å². The highest BCUT2D eigenvalue weighted by Crippen LogP contribution is 2.28. The van der Waals surface area contributed by atoms with Gasteiger partial charge in [0, 0.05) is 35.2 Å². The van der Waals surface area contributed by atoms with E-state index >= 15 is 0 Å². The Bertz CT molecular complexity index is 572. The Labute approximate surface area is 105 Å². The maximum Gasteiger partial charge on any atom is 0.254 e. The first kappa shape index (κ1) is 11.3. The number of aromatic amines is 1. The van der Waals surface area contributed by atoms with Gasteiger partial charge in [-0.25, -0.2) is 0 Å². The van der Waals surface area contributed by atoms with E-state index in [4.69, 9.17) is 5.11 Å². The lowest BCUT2D eigenvalue weighted by Crippen LogP contribution is -2.35. The Hall–Kier alpha value is -1.81. The Morgan fingerprint density at radius 2 is 2.22 bits per heavy atom. The van der Waals surface area contributed by atoms with Crippen molar-refractivity contribution in [2.45, 2.75) is 18.9 Å². The summed E-state index contributed by atoms with van der Waals surface area (Å²) in [5, 5.41) is 10.1. The highest BCUT2D eigenvalue weighted by atomic mass is 16.3. The van der Waals surface area contributed by atoms with Crippen LogP contribution < -0.4 is 0 Å². The number of aromatic nitrogens is 1. The summed E-state index contributed by atoms with van der Waals surface area (Å²) in [5.74, 6) is 0.0228. The molecule has 3 rings (SSSR count). The number of aliphatic hydroxyl groups is 1. The van der Waals surface area contributed by atoms with Gasteiger partial charge in [-0.3, -0.25) is 4.79 Å². The molecule has 94 valence electrons. The van der Waals surface area contributed by atoms with E-state index in [1.165, 1.54) is 0 Å². The molecule has 18 heavy (non-hydrogen) atoms. The van der Waals surface area contributed by atoms with E-state index < -0.39 is 0 Å². The minimum atomic E-state index is 0.0225. The first-order chi connectivity index (χ1) is 8.79. The standard InChI is InChI=1S/C14H16N2O2/c17-8-7-16(12-2-3-12)14(18)11-1-4-13-10(9-11)5-6-15-13/h1,4-6,9,12,15,17H,2-3,7-8H2. The van der Waals surface area contributed by atoms with Crippen molar-refractivity contribution in [1.29, 1.82) is 0 Å². The van der Waals surface area contributed by atoms with E-state index in [-0.39, 0.29) is 12.5 Å². The fourth-order valence-electron chi connectivity index (χ4n) is 2.30. The number of rotatable bonds is 4. The van der Waals surface area contributed by atoms with Gasteiger partial charge in [0.1, 0.15) is 0 Å². The average molecular weight is 244 g/mol. The summed E-state index contributed by atoms with van der Waals surface area (Å²) < 4.78 is 0. The first-order valence-corrected chi connectivity index (χ1v) is 6.28. The van der Waals surface area contributed by atoms with Crippen molar-refractivity contribution in [3.05, 3.63) is 36.0 Å². The van der Waals surface area contributed by atoms with Gasteiger partial charge in [-0.15, -0.1) is 0 Å². The van der Waals surface area contributed by atoms with Crippen molar-refractivity contribution in [3.63, 3.8) is 0 Å². The first-order valence-electron chi connectivity index (χ1n) is 6.28. The van der Waals surface area contributed by atoms with Gasteiger partial charge in [0.25, 0.3) is 5.91 Å². The Kier molecular flexibility index (Phi) is 2.80. The summed E-state index contributed by atoms with van der Waals surface area (Å²) in [6.45, 7) is 0.448. The van der Waals surface area contributed by atoms with Gasteiger partial charge >= 0.3 is 0 Å². The molecule has 1 heterocycles. The van der Waals surface area contributed by atoms with Gasteiger partial charge in [-0.2, -0.15) is 0 Å². The predicted molar refractivity (Wildman–Crippen MR) is 69.4 cm³/mol. The normalized spacial score (nSPS) is 14.9. The molecule has 0 spiro atoms. The van der Waals surface area contributed by atoms with Crippen LogP contribution in [0.2, 0.25) is 0 Å². The van der Waals surface area contributed by atoms with Gasteiger partial charge < -0.3 is 15.0 Å². The van der Waals surface area contributed by atoms with E-state index in [1.807, 2.05) is 30.5 Å². The van der Waals surface area contributed by atoms with Crippen LogP contribution >= 0.6 is 0 Å². The molecule has 0 radical (unpaired) electrons. The third-order valence-electron chi connectivity index (χ3n) is 3.39. The zero-order valence-corrected chi connectivity index (χ0v) is 10.1. The fraction of sp³-hybridized carbons (Fsp3) is 0.357. The van der Waals surface area contributed by atoms with Crippen LogP contribution in [-0.4, -0.2) is 40.1 Å². The van der Waals surface area contributed by atoms with Gasteiger partial charge in [0.15, 0.2) is 0 Å². The lowest BCUT2D eigenvalue weighted by atomic mass is 10.1. The molecule has 1 amide bonds. The SMILES string of the molecule is O=C(c1ccc2[nH]ccc2c1)N(CCO)C1CC1. The number of nitrogens with zero attached hydrogens (tertiary/aromatic N) is 1. The molecule has 1 fully saturated rings. The molecule has 1 aromatic heterocycles. The van der Waals surface area contributed by atoms with E-state index in [1.54, 1.807) is 4.90 Å². The number of carbonyl (C=O) groups excluding carboxylic acids is 1. The second-order valence-electron chi connectivity index (χ2n) is 4.73. The van der Waals surface area contributed by atoms with Crippen LogP contribution in [0.4, 0.5) is 0 Å². The van der Waals surface area contributed by atoms with Crippen LogP contribution in [-0.2, 0) is 0 Å². The van der Waals surface area contributed by atoms with Crippen molar-refractivity contribution in [1.82, 2.24) is 9.88 Å². The van der Waals surface area contributed by atoms with E-state index in [9.17, 15) is 4.79 Å². The molecule has 1 aliphatic rings. The maximum atomic E-state index is 12.4. The van der Waals surface area contributed by atoms with Crippen LogP contribution in [0, 0.1) is 0 Å². The number of carbonyl (C=O) groups is 1. The number of hydrogen-bond acceptors (Lipinski definition) is 2. The second-order valence-corrected chi connectivity index (χ2v) is 4.73. The highest BCUT2D eigenvalue weighted by molar-refractivity contribution is 5.98. The Morgan fingerprint density at radius 1 is 1.39 bits per heavy atom. The predicted octanol–water partition coefficient (Wildman–Crippen LogP) is 1.76. The van der Waals surface area contributed by atoms with Crippen molar-refractivity contribution in [2.75, 3.05) is 13.2 Å². The maximum absolute atomic E-state index is 12.4. The molecular weight excluding hydrogens is 228 g/mol. The number of nitrogens with one attached hydrogen (secondary N) is 1. The van der Waals surface area contributed by atoms with E-state index in [0.29, 0.717) is 18.2 Å². The molecule has 0 bridgehead atoms. The molecule has 2 N–H and O–H groups in total. The summed E-state index contributed by atoms with van der Waals surface area (Å²) in [6, 6.07) is 7.95. The summed E-state index contributed by atoms with van der Waals surface area (Å²) in [7, 11) is 0. The van der Waals surface area contributed by atoms with Gasteiger partial charge in [-0.1, -0.05) is 0 Å². The smallest absolute Gasteiger partial charge is 0.254 e. The third kappa shape index (κ3) is 1.99. The molecule has 0 aliphatic heterocycles. The monoisotopic (exact) mass is 244 g/mol. The Morgan fingerprint density at radius 3 is 2.94 bits per heavy atom. The molecule has 1 aliphatic carbocycles. The number of benzene rings is 1. The van der Waals surface area contributed by atoms with Crippen LogP contribution in [0.3, 0.4) is 0 Å². The molecule has 4 nitrogen and oxygen atoms in total. The molecule has 0 atom stereocenters. The van der Waals surface area contributed by atoms with Crippen LogP contribution in [0.5, 0.6) is 0 Å². The zero-order valence-electron chi connectivity index (χ0n) is 10.1. The largest absolute Gasteiger partial charge is 0.395 e. The second kappa shape index (κ2) is 4.46. The summed E-state index contributed by atoms with van der Waals surface area (Å²) in [5.41, 5.74) is 1.73. The van der Waals surface area contributed by atoms with Crippen molar-refractivity contribution >= 4 is 16.8 Å². The van der Waals surface area contributed by atoms with Crippen molar-refractivity contribution in [2.24, 2.45) is 0 Å². The molecular formula is C14H16N2O2. The number of amides is 1. The number of fused-ring (bicyclic) bond motifs is 1. The number of H-pyrrole nitrogens is 1.